The van der Waals surface area contributed by atoms with Crippen LogP contribution < -0.4 is 0 Å². The van der Waals surface area contributed by atoms with Gasteiger partial charge in [0.05, 0.1) is 0 Å². The molecular weight excluding hydrogens is 322 g/mol. The predicted octanol–water partition coefficient (Wildman–Crippen LogP) is 3.47. The maximum atomic E-state index is 12.7. The minimum atomic E-state index is 0.259. The molecule has 4 nitrogen and oxygen atoms in total. The van der Waals surface area contributed by atoms with Crippen LogP contribution in [0.1, 0.15) is 6.42 Å². The fraction of sp³-hybridized carbons (Fsp3) is 0.318. The number of benzene rings is 2. The molecule has 4 rings (SSSR count). The fourth-order valence-corrected chi connectivity index (χ4v) is 3.72. The third-order valence-corrected chi connectivity index (χ3v) is 5.29. The summed E-state index contributed by atoms with van der Waals surface area (Å²) in [5, 5.41) is 1.22. The van der Waals surface area contributed by atoms with Crippen LogP contribution in [-0.4, -0.2) is 53.5 Å². The summed E-state index contributed by atoms with van der Waals surface area (Å²) in [5.74, 6) is 0.259. The normalized spacial score (nSPS) is 15.5. The van der Waals surface area contributed by atoms with Crippen molar-refractivity contribution in [3.8, 4) is 11.3 Å². The number of amides is 1. The lowest BCUT2D eigenvalue weighted by atomic mass is 10.1. The van der Waals surface area contributed by atoms with Gasteiger partial charge in [0.15, 0.2) is 0 Å². The molecule has 2 heterocycles. The van der Waals surface area contributed by atoms with Crippen molar-refractivity contribution in [1.29, 1.82) is 0 Å². The molecule has 0 bridgehead atoms. The molecule has 2 aromatic carbocycles. The molecule has 0 spiro atoms. The van der Waals surface area contributed by atoms with Crippen LogP contribution in [0, 0.1) is 0 Å². The number of nitrogens with zero attached hydrogens (tertiary/aromatic N) is 3. The third-order valence-electron chi connectivity index (χ3n) is 5.29. The van der Waals surface area contributed by atoms with Gasteiger partial charge in [-0.3, -0.25) is 4.79 Å². The Bertz CT molecular complexity index is 892. The number of rotatable bonds is 4. The van der Waals surface area contributed by atoms with Crippen molar-refractivity contribution in [3.63, 3.8) is 0 Å². The molecule has 0 unspecified atom stereocenters. The summed E-state index contributed by atoms with van der Waals surface area (Å²) < 4.78 is 2.29. The maximum Gasteiger partial charge on any atom is 0.224 e. The predicted molar refractivity (Wildman–Crippen MR) is 106 cm³/mol. The SMILES string of the molecule is CN1CCN(C(=O)CCn2c(-c3ccccc3)cc3ccccc32)CC1. The van der Waals surface area contributed by atoms with Crippen molar-refractivity contribution in [2.75, 3.05) is 33.2 Å². The van der Waals surface area contributed by atoms with E-state index in [0.717, 1.165) is 26.2 Å². The molecule has 1 aromatic heterocycles. The lowest BCUT2D eigenvalue weighted by Crippen LogP contribution is -2.47. The molecule has 134 valence electrons. The first kappa shape index (κ1) is 16.9. The van der Waals surface area contributed by atoms with Crippen molar-refractivity contribution in [2.45, 2.75) is 13.0 Å². The number of fused-ring (bicyclic) bond motifs is 1. The molecule has 0 N–H and O–H groups in total. The van der Waals surface area contributed by atoms with Gasteiger partial charge in [-0.2, -0.15) is 0 Å². The molecule has 1 saturated heterocycles. The second-order valence-corrected chi connectivity index (χ2v) is 7.04. The molecule has 0 saturated carbocycles. The van der Waals surface area contributed by atoms with Crippen LogP contribution in [0.25, 0.3) is 22.2 Å². The number of piperazine rings is 1. The van der Waals surface area contributed by atoms with E-state index in [-0.39, 0.29) is 5.91 Å². The molecule has 0 aliphatic carbocycles. The second kappa shape index (κ2) is 7.34. The van der Waals surface area contributed by atoms with Crippen LogP contribution in [0.4, 0.5) is 0 Å². The number of likely N-dealkylation sites (N-methyl/N-ethyl adjacent to an activating group) is 1. The number of hydrogen-bond donors (Lipinski definition) is 0. The van der Waals surface area contributed by atoms with E-state index in [0.29, 0.717) is 13.0 Å². The quantitative estimate of drug-likeness (QED) is 0.723. The number of aromatic nitrogens is 1. The highest BCUT2D eigenvalue weighted by molar-refractivity contribution is 5.87. The summed E-state index contributed by atoms with van der Waals surface area (Å²) in [5.41, 5.74) is 3.56. The molecule has 3 aromatic rings. The zero-order chi connectivity index (χ0) is 17.9. The van der Waals surface area contributed by atoms with Crippen molar-refractivity contribution in [1.82, 2.24) is 14.4 Å². The van der Waals surface area contributed by atoms with E-state index in [9.17, 15) is 4.79 Å². The highest BCUT2D eigenvalue weighted by Crippen LogP contribution is 2.28. The average Bonchev–Trinajstić information content (AvgIpc) is 3.06. The van der Waals surface area contributed by atoms with E-state index in [1.165, 1.54) is 22.2 Å². The van der Waals surface area contributed by atoms with Crippen molar-refractivity contribution in [3.05, 3.63) is 60.7 Å². The molecule has 0 atom stereocenters. The van der Waals surface area contributed by atoms with Crippen LogP contribution in [0.5, 0.6) is 0 Å². The summed E-state index contributed by atoms with van der Waals surface area (Å²) in [7, 11) is 2.11. The monoisotopic (exact) mass is 347 g/mol. The Hall–Kier alpha value is -2.59. The maximum absolute atomic E-state index is 12.7. The standard InChI is InChI=1S/C22H25N3O/c1-23-13-15-24(16-14-23)22(26)11-12-25-20-10-6-5-9-19(20)17-21(25)18-7-3-2-4-8-18/h2-10,17H,11-16H2,1H3. The van der Waals surface area contributed by atoms with Crippen LogP contribution >= 0.6 is 0 Å². The van der Waals surface area contributed by atoms with Gasteiger partial charge in [-0.25, -0.2) is 0 Å². The highest BCUT2D eigenvalue weighted by Gasteiger charge is 2.19. The van der Waals surface area contributed by atoms with Gasteiger partial charge in [-0.1, -0.05) is 48.5 Å². The van der Waals surface area contributed by atoms with E-state index in [1.807, 2.05) is 11.0 Å². The number of para-hydroxylation sites is 1. The van der Waals surface area contributed by atoms with Gasteiger partial charge < -0.3 is 14.4 Å². The first-order valence-corrected chi connectivity index (χ1v) is 9.32. The van der Waals surface area contributed by atoms with Gasteiger partial charge in [0, 0.05) is 55.7 Å². The molecule has 1 aliphatic rings. The minimum Gasteiger partial charge on any atom is -0.340 e. The van der Waals surface area contributed by atoms with E-state index in [4.69, 9.17) is 0 Å². The minimum absolute atomic E-state index is 0.259. The number of carbonyl (C=O) groups is 1. The summed E-state index contributed by atoms with van der Waals surface area (Å²) in [6.45, 7) is 4.32. The highest BCUT2D eigenvalue weighted by atomic mass is 16.2. The molecule has 26 heavy (non-hydrogen) atoms. The van der Waals surface area contributed by atoms with Crippen LogP contribution in [0.15, 0.2) is 60.7 Å². The number of hydrogen-bond acceptors (Lipinski definition) is 2. The Kier molecular flexibility index (Phi) is 4.76. The van der Waals surface area contributed by atoms with Crippen molar-refractivity contribution < 1.29 is 4.79 Å². The topological polar surface area (TPSA) is 28.5 Å². The van der Waals surface area contributed by atoms with Crippen LogP contribution in [0.3, 0.4) is 0 Å². The third kappa shape index (κ3) is 3.37. The Balaban J connectivity index is 1.58. The molecule has 1 amide bonds. The Morgan fingerprint density at radius 1 is 0.923 bits per heavy atom. The Morgan fingerprint density at radius 2 is 1.62 bits per heavy atom. The van der Waals surface area contributed by atoms with E-state index < -0.39 is 0 Å². The van der Waals surface area contributed by atoms with Crippen LogP contribution in [-0.2, 0) is 11.3 Å². The van der Waals surface area contributed by atoms with Gasteiger partial charge in [0.25, 0.3) is 0 Å². The number of aryl methyl sites for hydroxylation is 1. The Labute approximate surface area is 154 Å². The van der Waals surface area contributed by atoms with Gasteiger partial charge in [0.2, 0.25) is 5.91 Å². The van der Waals surface area contributed by atoms with Crippen LogP contribution in [0.2, 0.25) is 0 Å². The largest absolute Gasteiger partial charge is 0.340 e. The summed E-state index contributed by atoms with van der Waals surface area (Å²) in [6.07, 6.45) is 0.544. The first-order valence-electron chi connectivity index (χ1n) is 9.32. The zero-order valence-electron chi connectivity index (χ0n) is 15.3. The summed E-state index contributed by atoms with van der Waals surface area (Å²) in [6, 6.07) is 21.1. The first-order chi connectivity index (χ1) is 12.7. The van der Waals surface area contributed by atoms with Crippen molar-refractivity contribution in [2.24, 2.45) is 0 Å². The van der Waals surface area contributed by atoms with Gasteiger partial charge >= 0.3 is 0 Å². The average molecular weight is 347 g/mol. The van der Waals surface area contributed by atoms with E-state index in [2.05, 4.69) is 71.1 Å². The van der Waals surface area contributed by atoms with E-state index >= 15 is 0 Å². The van der Waals surface area contributed by atoms with Crippen molar-refractivity contribution >= 4 is 16.8 Å². The zero-order valence-corrected chi connectivity index (χ0v) is 15.3. The molecule has 1 fully saturated rings. The molecule has 1 aliphatic heterocycles. The van der Waals surface area contributed by atoms with Gasteiger partial charge in [-0.15, -0.1) is 0 Å². The van der Waals surface area contributed by atoms with Gasteiger partial charge in [0.1, 0.15) is 0 Å². The van der Waals surface area contributed by atoms with E-state index in [1.54, 1.807) is 0 Å². The smallest absolute Gasteiger partial charge is 0.224 e. The summed E-state index contributed by atoms with van der Waals surface area (Å²) >= 11 is 0. The lowest BCUT2D eigenvalue weighted by Gasteiger charge is -2.32. The second-order valence-electron chi connectivity index (χ2n) is 7.04. The summed E-state index contributed by atoms with van der Waals surface area (Å²) in [4.78, 5) is 17.0. The number of carbonyl (C=O) groups excluding carboxylic acids is 1. The molecular formula is C22H25N3O. The Morgan fingerprint density at radius 3 is 2.38 bits per heavy atom. The lowest BCUT2D eigenvalue weighted by molar-refractivity contribution is -0.132. The molecule has 0 radical (unpaired) electrons. The fourth-order valence-electron chi connectivity index (χ4n) is 3.72. The molecule has 4 heteroatoms. The van der Waals surface area contributed by atoms with Gasteiger partial charge in [-0.05, 0) is 24.7 Å².